The van der Waals surface area contributed by atoms with Gasteiger partial charge in [0.15, 0.2) is 0 Å². The van der Waals surface area contributed by atoms with Crippen molar-refractivity contribution in [2.24, 2.45) is 0 Å². The Morgan fingerprint density at radius 3 is 2.55 bits per heavy atom. The molecule has 3 nitrogen and oxygen atoms in total. The van der Waals surface area contributed by atoms with Crippen LogP contribution >= 0.6 is 11.6 Å². The Morgan fingerprint density at radius 1 is 1.14 bits per heavy atom. The Kier molecular flexibility index (Phi) is 5.84. The predicted octanol–water partition coefficient (Wildman–Crippen LogP) is 3.94. The molecule has 0 unspecified atom stereocenters. The summed E-state index contributed by atoms with van der Waals surface area (Å²) in [5, 5.41) is 0.689. The fourth-order valence-electron chi connectivity index (χ4n) is 2.30. The van der Waals surface area contributed by atoms with E-state index >= 15 is 0 Å². The number of carbonyl (C=O) groups is 1. The number of benzene rings is 2. The van der Waals surface area contributed by atoms with Crippen molar-refractivity contribution in [3.8, 4) is 5.75 Å². The normalized spacial score (nSPS) is 10.3. The molecule has 0 N–H and O–H groups in total. The molecule has 0 fully saturated rings. The fourth-order valence-corrected chi connectivity index (χ4v) is 2.51. The number of methoxy groups -OCH3 is 1. The molecule has 0 radical (unpaired) electrons. The van der Waals surface area contributed by atoms with Gasteiger partial charge < -0.3 is 9.64 Å². The number of carbonyl (C=O) groups excluding carboxylic acids is 1. The molecule has 2 rings (SSSR count). The van der Waals surface area contributed by atoms with Gasteiger partial charge in [-0.2, -0.15) is 0 Å². The third kappa shape index (κ3) is 4.50. The van der Waals surface area contributed by atoms with E-state index in [9.17, 15) is 4.79 Å². The molecule has 0 atom stereocenters. The molecule has 0 saturated heterocycles. The minimum absolute atomic E-state index is 0.0933. The minimum Gasteiger partial charge on any atom is -0.497 e. The van der Waals surface area contributed by atoms with E-state index in [1.165, 1.54) is 0 Å². The molecule has 0 aliphatic heterocycles. The van der Waals surface area contributed by atoms with Crippen molar-refractivity contribution in [1.29, 1.82) is 0 Å². The molecule has 0 aliphatic rings. The molecule has 0 bridgehead atoms. The van der Waals surface area contributed by atoms with E-state index in [1.807, 2.05) is 60.4 Å². The van der Waals surface area contributed by atoms with Crippen molar-refractivity contribution in [3.63, 3.8) is 0 Å². The Morgan fingerprint density at radius 2 is 1.86 bits per heavy atom. The molecule has 0 saturated carbocycles. The SMILES string of the molecule is CCN(Cc1cccc(Cl)c1)C(=O)Cc1cccc(OC)c1. The summed E-state index contributed by atoms with van der Waals surface area (Å²) >= 11 is 6.00. The number of hydrogen-bond donors (Lipinski definition) is 0. The summed E-state index contributed by atoms with van der Waals surface area (Å²) in [4.78, 5) is 14.3. The number of halogens is 1. The average Bonchev–Trinajstić information content (AvgIpc) is 2.52. The van der Waals surface area contributed by atoms with Gasteiger partial charge in [-0.15, -0.1) is 0 Å². The van der Waals surface area contributed by atoms with E-state index in [0.717, 1.165) is 16.9 Å². The first-order chi connectivity index (χ1) is 10.6. The number of nitrogens with zero attached hydrogens (tertiary/aromatic N) is 1. The quantitative estimate of drug-likeness (QED) is 0.807. The van der Waals surface area contributed by atoms with Crippen LogP contribution in [-0.2, 0) is 17.8 Å². The molecular weight excluding hydrogens is 298 g/mol. The van der Waals surface area contributed by atoms with Crippen LogP contribution in [0.15, 0.2) is 48.5 Å². The molecule has 0 heterocycles. The van der Waals surface area contributed by atoms with Crippen LogP contribution in [0.25, 0.3) is 0 Å². The first-order valence-electron chi connectivity index (χ1n) is 7.27. The van der Waals surface area contributed by atoms with Crippen LogP contribution in [-0.4, -0.2) is 24.5 Å². The number of hydrogen-bond acceptors (Lipinski definition) is 2. The molecule has 0 aliphatic carbocycles. The zero-order valence-electron chi connectivity index (χ0n) is 12.9. The van der Waals surface area contributed by atoms with E-state index in [4.69, 9.17) is 16.3 Å². The standard InChI is InChI=1S/C18H20ClNO2/c1-3-20(13-15-7-4-8-16(19)10-15)18(21)12-14-6-5-9-17(11-14)22-2/h4-11H,3,12-13H2,1-2H3. The topological polar surface area (TPSA) is 29.5 Å². The van der Waals surface area contributed by atoms with Crippen LogP contribution in [0.5, 0.6) is 5.75 Å². The smallest absolute Gasteiger partial charge is 0.227 e. The van der Waals surface area contributed by atoms with Crippen molar-refractivity contribution in [2.75, 3.05) is 13.7 Å². The fraction of sp³-hybridized carbons (Fsp3) is 0.278. The summed E-state index contributed by atoms with van der Waals surface area (Å²) < 4.78 is 5.19. The molecule has 1 amide bonds. The Labute approximate surface area is 136 Å². The third-order valence-electron chi connectivity index (χ3n) is 3.49. The van der Waals surface area contributed by atoms with Gasteiger partial charge >= 0.3 is 0 Å². The van der Waals surface area contributed by atoms with Gasteiger partial charge in [0, 0.05) is 18.1 Å². The highest BCUT2D eigenvalue weighted by Crippen LogP contribution is 2.16. The highest BCUT2D eigenvalue weighted by Gasteiger charge is 2.13. The van der Waals surface area contributed by atoms with Crippen molar-refractivity contribution in [1.82, 2.24) is 4.90 Å². The molecule has 0 aromatic heterocycles. The van der Waals surface area contributed by atoms with E-state index in [-0.39, 0.29) is 5.91 Å². The zero-order chi connectivity index (χ0) is 15.9. The van der Waals surface area contributed by atoms with Gasteiger partial charge in [-0.1, -0.05) is 35.9 Å². The lowest BCUT2D eigenvalue weighted by molar-refractivity contribution is -0.130. The second-order valence-electron chi connectivity index (χ2n) is 5.07. The summed E-state index contributed by atoms with van der Waals surface area (Å²) in [5.41, 5.74) is 1.99. The Balaban J connectivity index is 2.05. The monoisotopic (exact) mass is 317 g/mol. The Hall–Kier alpha value is -2.00. The van der Waals surface area contributed by atoms with Gasteiger partial charge in [0.05, 0.1) is 13.5 Å². The molecule has 2 aromatic carbocycles. The lowest BCUT2D eigenvalue weighted by atomic mass is 10.1. The summed E-state index contributed by atoms with van der Waals surface area (Å²) in [5.74, 6) is 0.860. The average molecular weight is 318 g/mol. The van der Waals surface area contributed by atoms with E-state index in [2.05, 4.69) is 0 Å². The van der Waals surface area contributed by atoms with Gasteiger partial charge in [0.1, 0.15) is 5.75 Å². The molecule has 0 spiro atoms. The minimum atomic E-state index is 0.0933. The van der Waals surface area contributed by atoms with Crippen LogP contribution in [0.4, 0.5) is 0 Å². The van der Waals surface area contributed by atoms with Crippen LogP contribution in [0, 0.1) is 0 Å². The number of ether oxygens (including phenoxy) is 1. The lowest BCUT2D eigenvalue weighted by Crippen LogP contribution is -2.31. The van der Waals surface area contributed by atoms with Crippen LogP contribution in [0.1, 0.15) is 18.1 Å². The van der Waals surface area contributed by atoms with E-state index < -0.39 is 0 Å². The molecule has 22 heavy (non-hydrogen) atoms. The maximum Gasteiger partial charge on any atom is 0.227 e. The number of amides is 1. The lowest BCUT2D eigenvalue weighted by Gasteiger charge is -2.21. The number of rotatable bonds is 6. The van der Waals surface area contributed by atoms with Crippen molar-refractivity contribution < 1.29 is 9.53 Å². The summed E-state index contributed by atoms with van der Waals surface area (Å²) in [6, 6.07) is 15.2. The van der Waals surface area contributed by atoms with Crippen molar-refractivity contribution in [2.45, 2.75) is 19.9 Å². The van der Waals surface area contributed by atoms with Crippen molar-refractivity contribution >= 4 is 17.5 Å². The van der Waals surface area contributed by atoms with E-state index in [1.54, 1.807) is 7.11 Å². The first kappa shape index (κ1) is 16.4. The highest BCUT2D eigenvalue weighted by molar-refractivity contribution is 6.30. The largest absolute Gasteiger partial charge is 0.497 e. The maximum atomic E-state index is 12.5. The van der Waals surface area contributed by atoms with Gasteiger partial charge in [-0.05, 0) is 42.3 Å². The number of likely N-dealkylation sites (N-methyl/N-ethyl adjacent to an activating group) is 1. The maximum absolute atomic E-state index is 12.5. The van der Waals surface area contributed by atoms with Crippen LogP contribution in [0.2, 0.25) is 5.02 Å². The predicted molar refractivity (Wildman–Crippen MR) is 89.2 cm³/mol. The second kappa shape index (κ2) is 7.85. The van der Waals surface area contributed by atoms with Gasteiger partial charge in [0.2, 0.25) is 5.91 Å². The zero-order valence-corrected chi connectivity index (χ0v) is 13.6. The van der Waals surface area contributed by atoms with Crippen LogP contribution < -0.4 is 4.74 Å². The second-order valence-corrected chi connectivity index (χ2v) is 5.50. The third-order valence-corrected chi connectivity index (χ3v) is 3.72. The van der Waals surface area contributed by atoms with Gasteiger partial charge in [-0.3, -0.25) is 4.79 Å². The highest BCUT2D eigenvalue weighted by atomic mass is 35.5. The first-order valence-corrected chi connectivity index (χ1v) is 7.65. The summed E-state index contributed by atoms with van der Waals surface area (Å²) in [6.07, 6.45) is 0.367. The van der Waals surface area contributed by atoms with Gasteiger partial charge in [-0.25, -0.2) is 0 Å². The Bertz CT molecular complexity index is 642. The van der Waals surface area contributed by atoms with Crippen LogP contribution in [0.3, 0.4) is 0 Å². The van der Waals surface area contributed by atoms with E-state index in [0.29, 0.717) is 24.5 Å². The molecular formula is C18H20ClNO2. The molecule has 4 heteroatoms. The molecule has 116 valence electrons. The summed E-state index contributed by atoms with van der Waals surface area (Å²) in [7, 11) is 1.62. The summed E-state index contributed by atoms with van der Waals surface area (Å²) in [6.45, 7) is 3.21. The van der Waals surface area contributed by atoms with Crippen molar-refractivity contribution in [3.05, 3.63) is 64.7 Å². The molecule has 2 aromatic rings. The van der Waals surface area contributed by atoms with Gasteiger partial charge in [0.25, 0.3) is 0 Å².